The molecule has 0 fully saturated rings. The first kappa shape index (κ1) is 15.8. The molecule has 0 aromatic carbocycles. The Kier molecular flexibility index (Phi) is 5.60. The predicted octanol–water partition coefficient (Wildman–Crippen LogP) is 1.48. The van der Waals surface area contributed by atoms with E-state index in [1.54, 1.807) is 14.0 Å². The third-order valence-corrected chi connectivity index (χ3v) is 3.97. The highest BCUT2D eigenvalue weighted by Crippen LogP contribution is 2.22. The molecule has 0 saturated heterocycles. The van der Waals surface area contributed by atoms with E-state index in [4.69, 9.17) is 0 Å². The summed E-state index contributed by atoms with van der Waals surface area (Å²) in [6.45, 7) is 7.58. The van der Waals surface area contributed by atoms with Crippen LogP contribution in [0.4, 0.5) is 0 Å². The molecule has 0 radical (unpaired) electrons. The summed E-state index contributed by atoms with van der Waals surface area (Å²) in [7, 11) is 1.67. The standard InChI is InChI=1S/C13H21N3O2S/c1-6-10(12(18)14-8(2)3)19-13-15-9(4)7-11(17)16(13)5/h7-8,10H,6H2,1-5H3,(H,14,18). The van der Waals surface area contributed by atoms with Crippen molar-refractivity contribution in [1.82, 2.24) is 14.9 Å². The number of amides is 1. The molecule has 1 heterocycles. The van der Waals surface area contributed by atoms with Crippen LogP contribution in [0.3, 0.4) is 0 Å². The number of carbonyl (C=O) groups excluding carboxylic acids is 1. The normalized spacial score (nSPS) is 12.5. The summed E-state index contributed by atoms with van der Waals surface area (Å²) < 4.78 is 1.48. The lowest BCUT2D eigenvalue weighted by Gasteiger charge is -2.17. The molecular weight excluding hydrogens is 262 g/mol. The molecule has 0 saturated carbocycles. The number of hydrogen-bond donors (Lipinski definition) is 1. The van der Waals surface area contributed by atoms with Gasteiger partial charge >= 0.3 is 0 Å². The maximum atomic E-state index is 12.0. The molecular formula is C13H21N3O2S. The van der Waals surface area contributed by atoms with Crippen LogP contribution in [0.1, 0.15) is 32.9 Å². The summed E-state index contributed by atoms with van der Waals surface area (Å²) in [5, 5.41) is 3.23. The molecule has 1 amide bonds. The fraction of sp³-hybridized carbons (Fsp3) is 0.615. The zero-order chi connectivity index (χ0) is 14.6. The predicted molar refractivity (Wildman–Crippen MR) is 77.4 cm³/mol. The second-order valence-corrected chi connectivity index (χ2v) is 5.93. The lowest BCUT2D eigenvalue weighted by atomic mass is 10.3. The molecule has 1 atom stereocenters. The average Bonchev–Trinajstić information content (AvgIpc) is 2.30. The second kappa shape index (κ2) is 6.75. The van der Waals surface area contributed by atoms with E-state index in [9.17, 15) is 9.59 Å². The second-order valence-electron chi connectivity index (χ2n) is 4.76. The van der Waals surface area contributed by atoms with Gasteiger partial charge in [0, 0.05) is 24.8 Å². The van der Waals surface area contributed by atoms with E-state index in [-0.39, 0.29) is 22.8 Å². The summed E-state index contributed by atoms with van der Waals surface area (Å²) in [6.07, 6.45) is 0.688. The molecule has 0 bridgehead atoms. The van der Waals surface area contributed by atoms with Gasteiger partial charge in [-0.05, 0) is 27.2 Å². The van der Waals surface area contributed by atoms with Crippen LogP contribution in [0.2, 0.25) is 0 Å². The maximum absolute atomic E-state index is 12.0. The van der Waals surface area contributed by atoms with Gasteiger partial charge in [0.1, 0.15) is 0 Å². The van der Waals surface area contributed by atoms with Crippen molar-refractivity contribution in [1.29, 1.82) is 0 Å². The highest BCUT2D eigenvalue weighted by atomic mass is 32.2. The fourth-order valence-electron chi connectivity index (χ4n) is 1.56. The molecule has 1 aromatic heterocycles. The highest BCUT2D eigenvalue weighted by Gasteiger charge is 2.20. The van der Waals surface area contributed by atoms with Crippen molar-refractivity contribution >= 4 is 17.7 Å². The molecule has 0 spiro atoms. The average molecular weight is 283 g/mol. The lowest BCUT2D eigenvalue weighted by Crippen LogP contribution is -2.37. The lowest BCUT2D eigenvalue weighted by molar-refractivity contribution is -0.121. The SMILES string of the molecule is CCC(Sc1nc(C)cc(=O)n1C)C(=O)NC(C)C. The maximum Gasteiger partial charge on any atom is 0.254 e. The van der Waals surface area contributed by atoms with Crippen LogP contribution in [-0.4, -0.2) is 26.8 Å². The third kappa shape index (κ3) is 4.38. The van der Waals surface area contributed by atoms with Gasteiger partial charge in [0.2, 0.25) is 5.91 Å². The molecule has 1 unspecified atom stereocenters. The Morgan fingerprint density at radius 3 is 2.68 bits per heavy atom. The van der Waals surface area contributed by atoms with Crippen LogP contribution in [0.15, 0.2) is 16.0 Å². The molecule has 0 aliphatic heterocycles. The summed E-state index contributed by atoms with van der Waals surface area (Å²) in [5.41, 5.74) is 0.568. The van der Waals surface area contributed by atoms with Crippen molar-refractivity contribution in [2.45, 2.75) is 50.6 Å². The zero-order valence-electron chi connectivity index (χ0n) is 12.1. The monoisotopic (exact) mass is 283 g/mol. The van der Waals surface area contributed by atoms with E-state index in [1.165, 1.54) is 22.4 Å². The zero-order valence-corrected chi connectivity index (χ0v) is 12.9. The van der Waals surface area contributed by atoms with Gasteiger partial charge in [-0.1, -0.05) is 18.7 Å². The van der Waals surface area contributed by atoms with Crippen LogP contribution < -0.4 is 10.9 Å². The van der Waals surface area contributed by atoms with Crippen LogP contribution in [-0.2, 0) is 11.8 Å². The summed E-state index contributed by atoms with van der Waals surface area (Å²) in [5.74, 6) is -0.0155. The minimum atomic E-state index is -0.234. The van der Waals surface area contributed by atoms with E-state index in [0.29, 0.717) is 17.3 Å². The number of nitrogens with one attached hydrogen (secondary N) is 1. The first-order valence-corrected chi connectivity index (χ1v) is 7.24. The Morgan fingerprint density at radius 1 is 1.53 bits per heavy atom. The van der Waals surface area contributed by atoms with Gasteiger partial charge in [0.25, 0.3) is 5.56 Å². The van der Waals surface area contributed by atoms with Crippen molar-refractivity contribution in [2.75, 3.05) is 0 Å². The first-order valence-electron chi connectivity index (χ1n) is 6.36. The van der Waals surface area contributed by atoms with Gasteiger partial charge in [-0.15, -0.1) is 0 Å². The Hall–Kier alpha value is -1.30. The van der Waals surface area contributed by atoms with Crippen molar-refractivity contribution < 1.29 is 4.79 Å². The van der Waals surface area contributed by atoms with Crippen LogP contribution in [0.25, 0.3) is 0 Å². The number of aryl methyl sites for hydroxylation is 1. The van der Waals surface area contributed by atoms with Crippen LogP contribution >= 0.6 is 11.8 Å². The minimum absolute atomic E-state index is 0.0155. The van der Waals surface area contributed by atoms with Gasteiger partial charge in [-0.2, -0.15) is 0 Å². The fourth-order valence-corrected chi connectivity index (χ4v) is 2.60. The molecule has 0 aliphatic rings. The minimum Gasteiger partial charge on any atom is -0.353 e. The van der Waals surface area contributed by atoms with Gasteiger partial charge in [-0.3, -0.25) is 14.2 Å². The summed E-state index contributed by atoms with van der Waals surface area (Å²) in [4.78, 5) is 28.0. The van der Waals surface area contributed by atoms with E-state index in [1.807, 2.05) is 20.8 Å². The number of thioether (sulfide) groups is 1. The molecule has 6 heteroatoms. The van der Waals surface area contributed by atoms with Gasteiger partial charge in [0.05, 0.1) is 5.25 Å². The van der Waals surface area contributed by atoms with Gasteiger partial charge in [0.15, 0.2) is 5.16 Å². The van der Waals surface area contributed by atoms with Gasteiger partial charge < -0.3 is 5.32 Å². The van der Waals surface area contributed by atoms with E-state index in [2.05, 4.69) is 10.3 Å². The quantitative estimate of drug-likeness (QED) is 0.657. The molecule has 0 aliphatic carbocycles. The molecule has 106 valence electrons. The smallest absolute Gasteiger partial charge is 0.254 e. The molecule has 1 rings (SSSR count). The Balaban J connectivity index is 2.93. The molecule has 5 nitrogen and oxygen atoms in total. The Bertz CT molecular complexity index is 511. The first-order chi connectivity index (χ1) is 8.85. The van der Waals surface area contributed by atoms with Crippen molar-refractivity contribution in [3.8, 4) is 0 Å². The van der Waals surface area contributed by atoms with Crippen molar-refractivity contribution in [2.24, 2.45) is 7.05 Å². The molecule has 1 N–H and O–H groups in total. The third-order valence-electron chi connectivity index (χ3n) is 2.56. The number of hydrogen-bond acceptors (Lipinski definition) is 4. The van der Waals surface area contributed by atoms with Crippen molar-refractivity contribution in [3.05, 3.63) is 22.1 Å². The Labute approximate surface area is 117 Å². The molecule has 19 heavy (non-hydrogen) atoms. The summed E-state index contributed by atoms with van der Waals surface area (Å²) in [6, 6.07) is 1.59. The van der Waals surface area contributed by atoms with Crippen LogP contribution in [0.5, 0.6) is 0 Å². The van der Waals surface area contributed by atoms with E-state index in [0.717, 1.165) is 0 Å². The number of aromatic nitrogens is 2. The number of carbonyl (C=O) groups is 1. The van der Waals surface area contributed by atoms with Gasteiger partial charge in [-0.25, -0.2) is 4.98 Å². The number of nitrogens with zero attached hydrogens (tertiary/aromatic N) is 2. The largest absolute Gasteiger partial charge is 0.353 e. The Morgan fingerprint density at radius 2 is 2.16 bits per heavy atom. The van der Waals surface area contributed by atoms with E-state index < -0.39 is 0 Å². The highest BCUT2D eigenvalue weighted by molar-refractivity contribution is 8.00. The van der Waals surface area contributed by atoms with E-state index >= 15 is 0 Å². The number of rotatable bonds is 5. The topological polar surface area (TPSA) is 64.0 Å². The van der Waals surface area contributed by atoms with Crippen molar-refractivity contribution in [3.63, 3.8) is 0 Å². The summed E-state index contributed by atoms with van der Waals surface area (Å²) >= 11 is 1.33. The molecule has 1 aromatic rings. The van der Waals surface area contributed by atoms with Crippen LogP contribution in [0, 0.1) is 6.92 Å².